The summed E-state index contributed by atoms with van der Waals surface area (Å²) in [5.41, 5.74) is -0.537. The number of carbonyl (C=O) groups is 2. The van der Waals surface area contributed by atoms with Crippen molar-refractivity contribution in [1.82, 2.24) is 9.97 Å². The SMILES string of the molecule is O=C(O[C@@H](C(=O)Nc1cccc(C(F)(F)F)c1)c1ccccc1)[C@@H]1CCCN(c2ncccn2)C1. The lowest BCUT2D eigenvalue weighted by molar-refractivity contribution is -0.159. The van der Waals surface area contributed by atoms with Crippen LogP contribution in [0.15, 0.2) is 73.1 Å². The molecule has 1 amide bonds. The van der Waals surface area contributed by atoms with Gasteiger partial charge in [0.15, 0.2) is 0 Å². The third-order valence-electron chi connectivity index (χ3n) is 5.62. The van der Waals surface area contributed by atoms with Gasteiger partial charge in [-0.15, -0.1) is 0 Å². The van der Waals surface area contributed by atoms with E-state index in [-0.39, 0.29) is 5.69 Å². The molecule has 1 aliphatic heterocycles. The number of piperidine rings is 1. The van der Waals surface area contributed by atoms with Gasteiger partial charge in [-0.2, -0.15) is 13.2 Å². The van der Waals surface area contributed by atoms with Gasteiger partial charge in [-0.1, -0.05) is 36.4 Å². The second-order valence-electron chi connectivity index (χ2n) is 8.13. The summed E-state index contributed by atoms with van der Waals surface area (Å²) >= 11 is 0. The van der Waals surface area contributed by atoms with E-state index >= 15 is 0 Å². The lowest BCUT2D eigenvalue weighted by Crippen LogP contribution is -2.41. The first-order valence-corrected chi connectivity index (χ1v) is 11.1. The molecule has 0 unspecified atom stereocenters. The molecule has 0 aliphatic carbocycles. The van der Waals surface area contributed by atoms with Gasteiger partial charge in [-0.05, 0) is 37.1 Å². The summed E-state index contributed by atoms with van der Waals surface area (Å²) in [6.45, 7) is 1.02. The molecule has 35 heavy (non-hydrogen) atoms. The zero-order chi connectivity index (χ0) is 24.8. The summed E-state index contributed by atoms with van der Waals surface area (Å²) in [4.78, 5) is 36.5. The lowest BCUT2D eigenvalue weighted by atomic mass is 9.98. The number of hydrogen-bond acceptors (Lipinski definition) is 6. The maximum absolute atomic E-state index is 13.1. The van der Waals surface area contributed by atoms with Crippen molar-refractivity contribution >= 4 is 23.5 Å². The molecule has 1 fully saturated rings. The third kappa shape index (κ3) is 6.14. The average molecular weight is 484 g/mol. The van der Waals surface area contributed by atoms with Gasteiger partial charge >= 0.3 is 12.1 Å². The summed E-state index contributed by atoms with van der Waals surface area (Å²) in [5, 5.41) is 2.45. The Balaban J connectivity index is 1.50. The second kappa shape index (κ2) is 10.5. The van der Waals surface area contributed by atoms with Crippen LogP contribution < -0.4 is 10.2 Å². The Hall–Kier alpha value is -3.95. The molecule has 0 spiro atoms. The van der Waals surface area contributed by atoms with Crippen LogP contribution in [0.2, 0.25) is 0 Å². The summed E-state index contributed by atoms with van der Waals surface area (Å²) in [5.74, 6) is -1.33. The van der Waals surface area contributed by atoms with Crippen LogP contribution in [0, 0.1) is 5.92 Å². The van der Waals surface area contributed by atoms with Crippen molar-refractivity contribution in [1.29, 1.82) is 0 Å². The standard InChI is InChI=1S/C25H23F3N4O3/c26-25(27,28)19-10-4-11-20(15-19)31-22(33)21(17-7-2-1-3-8-17)35-23(34)18-9-5-14-32(16-18)24-29-12-6-13-30-24/h1-4,6-8,10-13,15,18,21H,5,9,14,16H2,(H,31,33)/t18-,21-/m1/s1. The van der Waals surface area contributed by atoms with Gasteiger partial charge in [0.1, 0.15) is 0 Å². The van der Waals surface area contributed by atoms with E-state index in [4.69, 9.17) is 4.74 Å². The van der Waals surface area contributed by atoms with Crippen LogP contribution in [0.5, 0.6) is 0 Å². The van der Waals surface area contributed by atoms with E-state index in [1.807, 2.05) is 4.90 Å². The number of ether oxygens (including phenoxy) is 1. The van der Waals surface area contributed by atoms with Gasteiger partial charge in [0, 0.05) is 36.7 Å². The van der Waals surface area contributed by atoms with Gasteiger partial charge in [0.05, 0.1) is 11.5 Å². The number of alkyl halides is 3. The first-order chi connectivity index (χ1) is 16.8. The normalized spacial score (nSPS) is 16.9. The van der Waals surface area contributed by atoms with Crippen molar-refractivity contribution in [3.63, 3.8) is 0 Å². The molecule has 2 heterocycles. The zero-order valence-corrected chi connectivity index (χ0v) is 18.6. The number of nitrogens with zero attached hydrogens (tertiary/aromatic N) is 3. The summed E-state index contributed by atoms with van der Waals surface area (Å²) in [6.07, 6.45) is -1.37. The number of carbonyl (C=O) groups excluding carboxylic acids is 2. The number of esters is 1. The van der Waals surface area contributed by atoms with E-state index in [1.54, 1.807) is 48.8 Å². The molecular formula is C25H23F3N4O3. The van der Waals surface area contributed by atoms with Crippen LogP contribution in [0.25, 0.3) is 0 Å². The molecule has 0 radical (unpaired) electrons. The number of halogens is 3. The fraction of sp³-hybridized carbons (Fsp3) is 0.280. The van der Waals surface area contributed by atoms with Crippen LogP contribution in [0.1, 0.15) is 30.1 Å². The molecule has 1 saturated heterocycles. The van der Waals surface area contributed by atoms with Crippen LogP contribution in [0.3, 0.4) is 0 Å². The Bertz CT molecular complexity index is 1160. The summed E-state index contributed by atoms with van der Waals surface area (Å²) in [7, 11) is 0. The number of anilines is 2. The number of hydrogen-bond donors (Lipinski definition) is 1. The first-order valence-electron chi connectivity index (χ1n) is 11.1. The highest BCUT2D eigenvalue weighted by Crippen LogP contribution is 2.31. The fourth-order valence-electron chi connectivity index (χ4n) is 3.90. The van der Waals surface area contributed by atoms with Crippen molar-refractivity contribution in [2.75, 3.05) is 23.3 Å². The highest BCUT2D eigenvalue weighted by Gasteiger charge is 2.34. The Morgan fingerprint density at radius 1 is 1.03 bits per heavy atom. The van der Waals surface area contributed by atoms with Gasteiger partial charge in [-0.25, -0.2) is 9.97 Å². The molecule has 1 aliphatic rings. The van der Waals surface area contributed by atoms with Crippen molar-refractivity contribution < 1.29 is 27.5 Å². The van der Waals surface area contributed by atoms with Gasteiger partial charge in [0.2, 0.25) is 12.1 Å². The maximum atomic E-state index is 13.1. The molecule has 182 valence electrons. The Labute approximate surface area is 200 Å². The predicted octanol–water partition coefficient (Wildman–Crippen LogP) is 4.64. The quantitative estimate of drug-likeness (QED) is 0.514. The Morgan fingerprint density at radius 2 is 1.77 bits per heavy atom. The van der Waals surface area contributed by atoms with Crippen molar-refractivity contribution in [3.05, 3.63) is 84.2 Å². The van der Waals surface area contributed by atoms with Crippen LogP contribution in [0.4, 0.5) is 24.8 Å². The lowest BCUT2D eigenvalue weighted by Gasteiger charge is -2.32. The van der Waals surface area contributed by atoms with Crippen molar-refractivity contribution in [2.45, 2.75) is 25.1 Å². The average Bonchev–Trinajstić information content (AvgIpc) is 2.88. The van der Waals surface area contributed by atoms with E-state index in [9.17, 15) is 22.8 Å². The molecule has 0 saturated carbocycles. The number of nitrogens with one attached hydrogen (secondary N) is 1. The molecular weight excluding hydrogens is 461 g/mol. The molecule has 2 atom stereocenters. The van der Waals surface area contributed by atoms with Gasteiger partial charge < -0.3 is 15.0 Å². The maximum Gasteiger partial charge on any atom is 0.416 e. The number of aromatic nitrogens is 2. The first kappa shape index (κ1) is 24.2. The van der Waals surface area contributed by atoms with Crippen molar-refractivity contribution in [3.8, 4) is 0 Å². The van der Waals surface area contributed by atoms with E-state index in [0.717, 1.165) is 12.1 Å². The molecule has 1 aromatic heterocycles. The monoisotopic (exact) mass is 484 g/mol. The minimum atomic E-state index is -4.55. The fourth-order valence-corrected chi connectivity index (χ4v) is 3.90. The topological polar surface area (TPSA) is 84.4 Å². The molecule has 10 heteroatoms. The molecule has 0 bridgehead atoms. The van der Waals surface area contributed by atoms with E-state index in [0.29, 0.717) is 37.4 Å². The largest absolute Gasteiger partial charge is 0.447 e. The Kier molecular flexibility index (Phi) is 7.28. The minimum Gasteiger partial charge on any atom is -0.447 e. The van der Waals surface area contributed by atoms with Crippen molar-refractivity contribution in [2.24, 2.45) is 5.92 Å². The third-order valence-corrected chi connectivity index (χ3v) is 5.62. The number of amides is 1. The van der Waals surface area contributed by atoms with Crippen LogP contribution >= 0.6 is 0 Å². The van der Waals surface area contributed by atoms with E-state index < -0.39 is 35.6 Å². The highest BCUT2D eigenvalue weighted by atomic mass is 19.4. The molecule has 3 aromatic rings. The van der Waals surface area contributed by atoms with Gasteiger partial charge in [0.25, 0.3) is 5.91 Å². The zero-order valence-electron chi connectivity index (χ0n) is 18.6. The molecule has 7 nitrogen and oxygen atoms in total. The number of rotatable bonds is 6. The van der Waals surface area contributed by atoms with E-state index in [2.05, 4.69) is 15.3 Å². The molecule has 2 aromatic carbocycles. The summed E-state index contributed by atoms with van der Waals surface area (Å²) in [6, 6.07) is 14.3. The molecule has 4 rings (SSSR count). The second-order valence-corrected chi connectivity index (χ2v) is 8.13. The predicted molar refractivity (Wildman–Crippen MR) is 122 cm³/mol. The molecule has 1 N–H and O–H groups in total. The Morgan fingerprint density at radius 3 is 2.49 bits per heavy atom. The summed E-state index contributed by atoms with van der Waals surface area (Å²) < 4.78 is 44.8. The van der Waals surface area contributed by atoms with Crippen LogP contribution in [-0.4, -0.2) is 34.9 Å². The number of benzene rings is 2. The minimum absolute atomic E-state index is 0.0492. The van der Waals surface area contributed by atoms with E-state index in [1.165, 1.54) is 12.1 Å². The van der Waals surface area contributed by atoms with Crippen LogP contribution in [-0.2, 0) is 20.5 Å². The highest BCUT2D eigenvalue weighted by molar-refractivity contribution is 5.96. The van der Waals surface area contributed by atoms with Gasteiger partial charge in [-0.3, -0.25) is 9.59 Å². The smallest absolute Gasteiger partial charge is 0.416 e.